The van der Waals surface area contributed by atoms with E-state index in [4.69, 9.17) is 9.47 Å². The highest BCUT2D eigenvalue weighted by Crippen LogP contribution is 2.30. The average molecular weight is 338 g/mol. The molecular weight excluding hydrogens is 322 g/mol. The van der Waals surface area contributed by atoms with Crippen molar-refractivity contribution in [3.05, 3.63) is 42.5 Å². The molecule has 0 radical (unpaired) electrons. The monoisotopic (exact) mass is 338 g/mol. The molecule has 0 fully saturated rings. The van der Waals surface area contributed by atoms with E-state index in [0.717, 1.165) is 0 Å². The topological polar surface area (TPSA) is 68.8 Å². The van der Waals surface area contributed by atoms with Gasteiger partial charge in [0, 0.05) is 6.07 Å². The van der Waals surface area contributed by atoms with Crippen LogP contribution in [0.25, 0.3) is 0 Å². The van der Waals surface area contributed by atoms with E-state index in [1.807, 2.05) is 0 Å². The normalized spacial score (nSPS) is 10.2. The zero-order chi connectivity index (χ0) is 17.5. The molecular formula is C16H16F2N2O4. The van der Waals surface area contributed by atoms with Gasteiger partial charge >= 0.3 is 12.6 Å². The molecule has 6 nitrogen and oxygen atoms in total. The largest absolute Gasteiger partial charge is 0.497 e. The number of amides is 2. The molecule has 2 rings (SSSR count). The lowest BCUT2D eigenvalue weighted by Gasteiger charge is -2.14. The number of anilines is 2. The number of halogens is 2. The number of para-hydroxylation sites is 2. The molecule has 2 aromatic carbocycles. The van der Waals surface area contributed by atoms with Crippen LogP contribution in [0.5, 0.6) is 17.2 Å². The standard InChI is InChI=1S/C16H16F2N2O4/c1-22-10-7-8-13(23-2)12(9-10)20-16(21)19-11-5-3-4-6-14(11)24-15(17)18/h3-9,15H,1-2H3,(H2,19,20,21). The van der Waals surface area contributed by atoms with Crippen LogP contribution in [0.15, 0.2) is 42.5 Å². The van der Waals surface area contributed by atoms with Crippen molar-refractivity contribution in [2.75, 3.05) is 24.9 Å². The van der Waals surface area contributed by atoms with Gasteiger partial charge in [-0.3, -0.25) is 0 Å². The first kappa shape index (κ1) is 17.3. The maximum atomic E-state index is 12.4. The summed E-state index contributed by atoms with van der Waals surface area (Å²) in [5.41, 5.74) is 0.471. The molecule has 0 heterocycles. The van der Waals surface area contributed by atoms with Gasteiger partial charge < -0.3 is 24.8 Å². The van der Waals surface area contributed by atoms with Gasteiger partial charge in [-0.2, -0.15) is 8.78 Å². The minimum Gasteiger partial charge on any atom is -0.497 e. The minimum atomic E-state index is -2.99. The Balaban J connectivity index is 2.14. The average Bonchev–Trinajstić information content (AvgIpc) is 2.56. The number of carbonyl (C=O) groups excluding carboxylic acids is 1. The fourth-order valence-electron chi connectivity index (χ4n) is 1.96. The molecule has 0 atom stereocenters. The van der Waals surface area contributed by atoms with E-state index < -0.39 is 12.6 Å². The summed E-state index contributed by atoms with van der Waals surface area (Å²) >= 11 is 0. The minimum absolute atomic E-state index is 0.108. The van der Waals surface area contributed by atoms with Gasteiger partial charge in [0.05, 0.1) is 25.6 Å². The summed E-state index contributed by atoms with van der Waals surface area (Å²) in [6.07, 6.45) is 0. The van der Waals surface area contributed by atoms with Gasteiger partial charge in [0.15, 0.2) is 0 Å². The van der Waals surface area contributed by atoms with Crippen molar-refractivity contribution in [3.8, 4) is 17.2 Å². The van der Waals surface area contributed by atoms with Gasteiger partial charge in [-0.25, -0.2) is 4.79 Å². The van der Waals surface area contributed by atoms with Crippen molar-refractivity contribution in [1.29, 1.82) is 0 Å². The van der Waals surface area contributed by atoms with Crippen LogP contribution in [0.3, 0.4) is 0 Å². The number of urea groups is 1. The molecule has 2 aromatic rings. The van der Waals surface area contributed by atoms with E-state index in [0.29, 0.717) is 17.2 Å². The summed E-state index contributed by atoms with van der Waals surface area (Å²) in [5, 5.41) is 5.02. The van der Waals surface area contributed by atoms with E-state index >= 15 is 0 Å². The van der Waals surface area contributed by atoms with Crippen molar-refractivity contribution < 1.29 is 27.8 Å². The Labute approximate surface area is 137 Å². The van der Waals surface area contributed by atoms with E-state index in [2.05, 4.69) is 15.4 Å². The molecule has 0 saturated heterocycles. The van der Waals surface area contributed by atoms with Crippen LogP contribution in [-0.2, 0) is 0 Å². The highest BCUT2D eigenvalue weighted by atomic mass is 19.3. The number of nitrogens with one attached hydrogen (secondary N) is 2. The second kappa shape index (κ2) is 8.00. The Kier molecular flexibility index (Phi) is 5.78. The molecule has 0 aromatic heterocycles. The summed E-state index contributed by atoms with van der Waals surface area (Å²) in [5.74, 6) is 0.802. The van der Waals surface area contributed by atoms with Crippen LogP contribution < -0.4 is 24.8 Å². The van der Waals surface area contributed by atoms with E-state index in [-0.39, 0.29) is 11.4 Å². The zero-order valence-corrected chi connectivity index (χ0v) is 13.0. The van der Waals surface area contributed by atoms with Gasteiger partial charge in [0.1, 0.15) is 17.2 Å². The van der Waals surface area contributed by atoms with Crippen LogP contribution in [0.4, 0.5) is 25.0 Å². The highest BCUT2D eigenvalue weighted by molar-refractivity contribution is 6.01. The molecule has 0 saturated carbocycles. The third kappa shape index (κ3) is 4.48. The predicted molar refractivity (Wildman–Crippen MR) is 85.3 cm³/mol. The lowest BCUT2D eigenvalue weighted by molar-refractivity contribution is -0.0493. The molecule has 24 heavy (non-hydrogen) atoms. The van der Waals surface area contributed by atoms with Gasteiger partial charge in [0.2, 0.25) is 0 Å². The first-order valence-electron chi connectivity index (χ1n) is 6.87. The van der Waals surface area contributed by atoms with E-state index in [1.54, 1.807) is 24.3 Å². The first-order valence-corrected chi connectivity index (χ1v) is 6.87. The summed E-state index contributed by atoms with van der Waals surface area (Å²) in [6, 6.07) is 10.1. The van der Waals surface area contributed by atoms with E-state index in [9.17, 15) is 13.6 Å². The molecule has 2 amide bonds. The molecule has 0 bridgehead atoms. The fraction of sp³-hybridized carbons (Fsp3) is 0.188. The van der Waals surface area contributed by atoms with Crippen molar-refractivity contribution in [2.45, 2.75) is 6.61 Å². The Morgan fingerprint density at radius 3 is 2.33 bits per heavy atom. The molecule has 2 N–H and O–H groups in total. The fourth-order valence-corrected chi connectivity index (χ4v) is 1.96. The third-order valence-corrected chi connectivity index (χ3v) is 3.01. The molecule has 0 unspecified atom stereocenters. The Morgan fingerprint density at radius 1 is 0.958 bits per heavy atom. The smallest absolute Gasteiger partial charge is 0.387 e. The summed E-state index contributed by atoms with van der Waals surface area (Å²) in [7, 11) is 2.94. The molecule has 128 valence electrons. The van der Waals surface area contributed by atoms with Crippen molar-refractivity contribution in [1.82, 2.24) is 0 Å². The van der Waals surface area contributed by atoms with Gasteiger partial charge in [-0.1, -0.05) is 12.1 Å². The maximum Gasteiger partial charge on any atom is 0.387 e. The van der Waals surface area contributed by atoms with Crippen LogP contribution in [-0.4, -0.2) is 26.9 Å². The molecule has 0 aliphatic carbocycles. The van der Waals surface area contributed by atoms with E-state index in [1.165, 1.54) is 32.4 Å². The number of carbonyl (C=O) groups is 1. The van der Waals surface area contributed by atoms with Crippen LogP contribution in [0.1, 0.15) is 0 Å². The number of methoxy groups -OCH3 is 2. The molecule has 0 spiro atoms. The summed E-state index contributed by atoms with van der Waals surface area (Å²) < 4.78 is 39.4. The first-order chi connectivity index (χ1) is 11.5. The highest BCUT2D eigenvalue weighted by Gasteiger charge is 2.13. The number of benzene rings is 2. The van der Waals surface area contributed by atoms with Gasteiger partial charge in [-0.15, -0.1) is 0 Å². The van der Waals surface area contributed by atoms with Crippen LogP contribution in [0.2, 0.25) is 0 Å². The Hall–Kier alpha value is -3.03. The van der Waals surface area contributed by atoms with Crippen molar-refractivity contribution in [2.24, 2.45) is 0 Å². The van der Waals surface area contributed by atoms with Gasteiger partial charge in [-0.05, 0) is 24.3 Å². The van der Waals surface area contributed by atoms with Crippen LogP contribution in [0, 0.1) is 0 Å². The number of ether oxygens (including phenoxy) is 3. The lowest BCUT2D eigenvalue weighted by Crippen LogP contribution is -2.20. The third-order valence-electron chi connectivity index (χ3n) is 3.01. The number of hydrogen-bond acceptors (Lipinski definition) is 4. The van der Waals surface area contributed by atoms with Gasteiger partial charge in [0.25, 0.3) is 0 Å². The Morgan fingerprint density at radius 2 is 1.67 bits per heavy atom. The quantitative estimate of drug-likeness (QED) is 0.837. The lowest BCUT2D eigenvalue weighted by atomic mass is 10.2. The molecule has 8 heteroatoms. The molecule has 0 aliphatic rings. The van der Waals surface area contributed by atoms with Crippen LogP contribution >= 0.6 is 0 Å². The summed E-state index contributed by atoms with van der Waals surface area (Å²) in [4.78, 5) is 12.1. The summed E-state index contributed by atoms with van der Waals surface area (Å²) in [6.45, 7) is -2.99. The zero-order valence-electron chi connectivity index (χ0n) is 13.0. The van der Waals surface area contributed by atoms with Crippen molar-refractivity contribution >= 4 is 17.4 Å². The maximum absolute atomic E-state index is 12.4. The number of rotatable bonds is 6. The second-order valence-electron chi connectivity index (χ2n) is 4.52. The Bertz CT molecular complexity index is 710. The number of alkyl halides is 2. The molecule has 0 aliphatic heterocycles. The predicted octanol–water partition coefficient (Wildman–Crippen LogP) is 3.95. The SMILES string of the molecule is COc1ccc(OC)c(NC(=O)Nc2ccccc2OC(F)F)c1. The second-order valence-corrected chi connectivity index (χ2v) is 4.52. The van der Waals surface area contributed by atoms with Crippen molar-refractivity contribution in [3.63, 3.8) is 0 Å². The number of hydrogen-bond donors (Lipinski definition) is 2.